The first-order chi connectivity index (χ1) is 7.15. The molecule has 1 N–H and O–H groups in total. The number of hydrogen-bond acceptors (Lipinski definition) is 3. The van der Waals surface area contributed by atoms with Crippen LogP contribution in [0.3, 0.4) is 0 Å². The van der Waals surface area contributed by atoms with E-state index in [9.17, 15) is 4.79 Å². The first kappa shape index (κ1) is 10.3. The SMILES string of the molecule is C=CCn1c(=S)[nH]c2c(C)scc2c1=O. The number of fused-ring (bicyclic) bond motifs is 1. The van der Waals surface area contributed by atoms with E-state index in [-0.39, 0.29) is 5.56 Å². The molecule has 0 bridgehead atoms. The molecule has 0 fully saturated rings. The predicted octanol–water partition coefficient (Wildman–Crippen LogP) is 2.62. The van der Waals surface area contributed by atoms with Crippen LogP contribution in [0.5, 0.6) is 0 Å². The lowest BCUT2D eigenvalue weighted by molar-refractivity contribution is 0.753. The molecule has 0 unspecified atom stereocenters. The summed E-state index contributed by atoms with van der Waals surface area (Å²) in [5.41, 5.74) is 0.813. The van der Waals surface area contributed by atoms with Gasteiger partial charge in [-0.1, -0.05) is 6.08 Å². The Labute approximate surface area is 95.7 Å². The Morgan fingerprint density at radius 1 is 1.73 bits per heavy atom. The summed E-state index contributed by atoms with van der Waals surface area (Å²) in [6.07, 6.45) is 1.66. The molecule has 0 saturated carbocycles. The Bertz CT molecular complexity index is 633. The van der Waals surface area contributed by atoms with Crippen LogP contribution in [0, 0.1) is 11.7 Å². The largest absolute Gasteiger partial charge is 0.331 e. The van der Waals surface area contributed by atoms with Gasteiger partial charge in [0, 0.05) is 16.8 Å². The predicted molar refractivity (Wildman–Crippen MR) is 66.2 cm³/mol. The van der Waals surface area contributed by atoms with Gasteiger partial charge in [0.1, 0.15) is 0 Å². The summed E-state index contributed by atoms with van der Waals surface area (Å²) >= 11 is 6.67. The number of H-pyrrole nitrogens is 1. The van der Waals surface area contributed by atoms with E-state index in [1.807, 2.05) is 12.3 Å². The average molecular weight is 238 g/mol. The number of nitrogens with one attached hydrogen (secondary N) is 1. The van der Waals surface area contributed by atoms with E-state index in [4.69, 9.17) is 12.2 Å². The number of hydrogen-bond donors (Lipinski definition) is 1. The standard InChI is InChI=1S/C10H10N2OS2/c1-3-4-12-9(13)7-5-15-6(2)8(7)11-10(12)14/h3,5H,1,4H2,2H3,(H,11,14). The summed E-state index contributed by atoms with van der Waals surface area (Å²) in [5.74, 6) is 0. The van der Waals surface area contributed by atoms with Crippen LogP contribution < -0.4 is 5.56 Å². The molecule has 2 rings (SSSR count). The molecule has 15 heavy (non-hydrogen) atoms. The van der Waals surface area contributed by atoms with Crippen LogP contribution in [0.25, 0.3) is 10.9 Å². The van der Waals surface area contributed by atoms with Crippen LogP contribution in [-0.2, 0) is 6.54 Å². The second-order valence-corrected chi connectivity index (χ2v) is 4.69. The van der Waals surface area contributed by atoms with Crippen molar-refractivity contribution in [3.05, 3.63) is 38.0 Å². The summed E-state index contributed by atoms with van der Waals surface area (Å²) in [6.45, 7) is 6.02. The molecule has 0 atom stereocenters. The summed E-state index contributed by atoms with van der Waals surface area (Å²) in [4.78, 5) is 16.1. The monoisotopic (exact) mass is 238 g/mol. The van der Waals surface area contributed by atoms with Gasteiger partial charge in [0.2, 0.25) is 0 Å². The zero-order valence-corrected chi connectivity index (χ0v) is 9.87. The highest BCUT2D eigenvalue weighted by molar-refractivity contribution is 7.71. The van der Waals surface area contributed by atoms with Crippen molar-refractivity contribution >= 4 is 34.5 Å². The molecule has 0 aliphatic heterocycles. The molecule has 0 aliphatic carbocycles. The van der Waals surface area contributed by atoms with Crippen LogP contribution in [0.15, 0.2) is 22.8 Å². The zero-order valence-electron chi connectivity index (χ0n) is 8.24. The van der Waals surface area contributed by atoms with Crippen LogP contribution in [0.4, 0.5) is 0 Å². The molecule has 0 amide bonds. The third-order valence-electron chi connectivity index (χ3n) is 2.24. The van der Waals surface area contributed by atoms with Crippen molar-refractivity contribution in [1.82, 2.24) is 9.55 Å². The summed E-state index contributed by atoms with van der Waals surface area (Å²) < 4.78 is 1.96. The summed E-state index contributed by atoms with van der Waals surface area (Å²) in [5, 5.41) is 2.56. The zero-order chi connectivity index (χ0) is 11.0. The third kappa shape index (κ3) is 1.57. The van der Waals surface area contributed by atoms with Crippen molar-refractivity contribution in [3.63, 3.8) is 0 Å². The van der Waals surface area contributed by atoms with E-state index in [1.54, 1.807) is 17.4 Å². The molecule has 0 radical (unpaired) electrons. The van der Waals surface area contributed by atoms with Gasteiger partial charge in [0.25, 0.3) is 5.56 Å². The average Bonchev–Trinajstić information content (AvgIpc) is 2.55. The Hall–Kier alpha value is -1.20. The van der Waals surface area contributed by atoms with E-state index in [1.165, 1.54) is 4.57 Å². The van der Waals surface area contributed by atoms with Gasteiger partial charge in [0.15, 0.2) is 4.77 Å². The molecule has 0 spiro atoms. The number of aromatic amines is 1. The molecule has 0 aliphatic rings. The van der Waals surface area contributed by atoms with Gasteiger partial charge in [0.05, 0.1) is 10.9 Å². The van der Waals surface area contributed by atoms with E-state index < -0.39 is 0 Å². The van der Waals surface area contributed by atoms with Crippen molar-refractivity contribution in [1.29, 1.82) is 0 Å². The van der Waals surface area contributed by atoms with E-state index in [0.717, 1.165) is 10.4 Å². The quantitative estimate of drug-likeness (QED) is 0.645. The Morgan fingerprint density at radius 3 is 3.13 bits per heavy atom. The van der Waals surface area contributed by atoms with Crippen molar-refractivity contribution in [2.45, 2.75) is 13.5 Å². The van der Waals surface area contributed by atoms with Gasteiger partial charge in [-0.25, -0.2) is 0 Å². The summed E-state index contributed by atoms with van der Waals surface area (Å²) in [6, 6.07) is 0. The van der Waals surface area contributed by atoms with Crippen molar-refractivity contribution in [2.24, 2.45) is 0 Å². The van der Waals surface area contributed by atoms with E-state index in [0.29, 0.717) is 16.7 Å². The minimum atomic E-state index is -0.0435. The molecule has 0 aromatic carbocycles. The maximum atomic E-state index is 12.0. The van der Waals surface area contributed by atoms with Crippen molar-refractivity contribution in [3.8, 4) is 0 Å². The van der Waals surface area contributed by atoms with Gasteiger partial charge in [-0.3, -0.25) is 9.36 Å². The Morgan fingerprint density at radius 2 is 2.47 bits per heavy atom. The molecule has 2 aromatic heterocycles. The van der Waals surface area contributed by atoms with Crippen molar-refractivity contribution < 1.29 is 0 Å². The van der Waals surface area contributed by atoms with E-state index >= 15 is 0 Å². The molecule has 2 heterocycles. The molecule has 0 saturated heterocycles. The second-order valence-electron chi connectivity index (χ2n) is 3.22. The fourth-order valence-corrected chi connectivity index (χ4v) is 2.53. The summed E-state index contributed by atoms with van der Waals surface area (Å²) in [7, 11) is 0. The fraction of sp³-hybridized carbons (Fsp3) is 0.200. The number of allylic oxidation sites excluding steroid dienone is 1. The van der Waals surface area contributed by atoms with Crippen LogP contribution >= 0.6 is 23.6 Å². The molecule has 3 nitrogen and oxygen atoms in total. The first-order valence-corrected chi connectivity index (χ1v) is 5.75. The van der Waals surface area contributed by atoms with Crippen LogP contribution in [0.2, 0.25) is 0 Å². The lowest BCUT2D eigenvalue weighted by Gasteiger charge is -2.02. The van der Waals surface area contributed by atoms with Crippen LogP contribution in [0.1, 0.15) is 4.88 Å². The van der Waals surface area contributed by atoms with E-state index in [2.05, 4.69) is 11.6 Å². The number of aromatic nitrogens is 2. The minimum absolute atomic E-state index is 0.0435. The maximum absolute atomic E-state index is 12.0. The van der Waals surface area contributed by atoms with Gasteiger partial charge in [-0.05, 0) is 19.1 Å². The molecular weight excluding hydrogens is 228 g/mol. The molecule has 78 valence electrons. The highest BCUT2D eigenvalue weighted by Crippen LogP contribution is 2.19. The fourth-order valence-electron chi connectivity index (χ4n) is 1.47. The number of nitrogens with zero attached hydrogens (tertiary/aromatic N) is 1. The third-order valence-corrected chi connectivity index (χ3v) is 3.47. The number of rotatable bonds is 2. The van der Waals surface area contributed by atoms with Gasteiger partial charge in [-0.15, -0.1) is 17.9 Å². The highest BCUT2D eigenvalue weighted by atomic mass is 32.1. The van der Waals surface area contributed by atoms with Gasteiger partial charge in [-0.2, -0.15) is 0 Å². The lowest BCUT2D eigenvalue weighted by Crippen LogP contribution is -2.20. The first-order valence-electron chi connectivity index (χ1n) is 4.47. The van der Waals surface area contributed by atoms with Crippen molar-refractivity contribution in [2.75, 3.05) is 0 Å². The van der Waals surface area contributed by atoms with Crippen LogP contribution in [-0.4, -0.2) is 9.55 Å². The normalized spacial score (nSPS) is 10.7. The highest BCUT2D eigenvalue weighted by Gasteiger charge is 2.07. The molecular formula is C10H10N2OS2. The molecule has 5 heteroatoms. The molecule has 2 aromatic rings. The Kier molecular flexibility index (Phi) is 2.58. The second kappa shape index (κ2) is 3.75. The number of thiophene rings is 1. The smallest absolute Gasteiger partial charge is 0.263 e. The van der Waals surface area contributed by atoms with Gasteiger partial charge < -0.3 is 4.98 Å². The maximum Gasteiger partial charge on any atom is 0.263 e. The Balaban J connectivity index is 2.91. The lowest BCUT2D eigenvalue weighted by atomic mass is 10.3. The van der Waals surface area contributed by atoms with Gasteiger partial charge >= 0.3 is 0 Å². The minimum Gasteiger partial charge on any atom is -0.331 e. The topological polar surface area (TPSA) is 37.8 Å². The number of aryl methyl sites for hydroxylation is 1.